The number of carbonyl (C=O) groups excluding carboxylic acids is 2. The average molecular weight is 403 g/mol. The fourth-order valence-corrected chi connectivity index (χ4v) is 2.92. The zero-order valence-electron chi connectivity index (χ0n) is 16.9. The molecule has 6 nitrogen and oxygen atoms in total. The van der Waals surface area contributed by atoms with E-state index in [4.69, 9.17) is 4.74 Å². The molecule has 2 aromatic carbocycles. The number of ether oxygens (including phenoxy) is 1. The topological polar surface area (TPSA) is 80.3 Å². The van der Waals surface area contributed by atoms with Gasteiger partial charge in [-0.05, 0) is 48.7 Å². The number of nitrogens with one attached hydrogen (secondary N) is 2. The number of hydrogen-bond donors (Lipinski definition) is 2. The molecule has 3 rings (SSSR count). The van der Waals surface area contributed by atoms with Crippen LogP contribution in [0, 0.1) is 6.92 Å². The molecule has 6 heteroatoms. The summed E-state index contributed by atoms with van der Waals surface area (Å²) in [5.41, 5.74) is 3.09. The fraction of sp³-hybridized carbons (Fsp3) is 0.208. The highest BCUT2D eigenvalue weighted by Gasteiger charge is 2.09. The second kappa shape index (κ2) is 10.8. The third kappa shape index (κ3) is 6.17. The minimum atomic E-state index is -0.211. The Morgan fingerprint density at radius 1 is 1.00 bits per heavy atom. The molecule has 0 unspecified atom stereocenters. The first-order chi connectivity index (χ1) is 14.6. The number of pyridine rings is 1. The first-order valence-corrected chi connectivity index (χ1v) is 9.88. The Hall–Kier alpha value is -3.67. The fourth-order valence-electron chi connectivity index (χ4n) is 2.92. The highest BCUT2D eigenvalue weighted by Crippen LogP contribution is 2.17. The maximum atomic E-state index is 12.3. The number of rotatable bonds is 9. The number of aryl methyl sites for hydroxylation is 1. The van der Waals surface area contributed by atoms with Crippen molar-refractivity contribution in [3.8, 4) is 5.75 Å². The number of benzene rings is 2. The van der Waals surface area contributed by atoms with Crippen LogP contribution in [0.25, 0.3) is 0 Å². The zero-order chi connectivity index (χ0) is 21.2. The summed E-state index contributed by atoms with van der Waals surface area (Å²) in [6.45, 7) is 2.77. The van der Waals surface area contributed by atoms with Crippen molar-refractivity contribution >= 4 is 17.5 Å². The van der Waals surface area contributed by atoms with Gasteiger partial charge < -0.3 is 15.4 Å². The van der Waals surface area contributed by atoms with Crippen LogP contribution in [0.4, 0.5) is 5.69 Å². The number of aromatic nitrogens is 1. The van der Waals surface area contributed by atoms with Crippen molar-refractivity contribution in [3.63, 3.8) is 0 Å². The molecule has 0 saturated carbocycles. The van der Waals surface area contributed by atoms with E-state index < -0.39 is 0 Å². The summed E-state index contributed by atoms with van der Waals surface area (Å²) in [4.78, 5) is 28.5. The first kappa shape index (κ1) is 21.0. The lowest BCUT2D eigenvalue weighted by atomic mass is 10.1. The molecule has 154 valence electrons. The zero-order valence-corrected chi connectivity index (χ0v) is 16.9. The van der Waals surface area contributed by atoms with Crippen molar-refractivity contribution in [2.45, 2.75) is 26.3 Å². The SMILES string of the molecule is Cc1ccccc1OCCCC(=O)Nc1ccccc1CNC(=O)c1cccnc1. The van der Waals surface area contributed by atoms with Crippen molar-refractivity contribution in [1.29, 1.82) is 0 Å². The summed E-state index contributed by atoms with van der Waals surface area (Å²) in [5.74, 6) is 0.541. The normalized spacial score (nSPS) is 10.3. The van der Waals surface area contributed by atoms with Crippen molar-refractivity contribution in [1.82, 2.24) is 10.3 Å². The predicted octanol–water partition coefficient (Wildman–Crippen LogP) is 4.12. The van der Waals surface area contributed by atoms with Crippen molar-refractivity contribution in [2.75, 3.05) is 11.9 Å². The Balaban J connectivity index is 1.47. The smallest absolute Gasteiger partial charge is 0.253 e. The maximum Gasteiger partial charge on any atom is 0.253 e. The number of amides is 2. The van der Waals surface area contributed by atoms with Crippen LogP contribution < -0.4 is 15.4 Å². The third-order valence-corrected chi connectivity index (χ3v) is 4.55. The minimum Gasteiger partial charge on any atom is -0.493 e. The molecule has 0 spiro atoms. The van der Waals surface area contributed by atoms with Crippen molar-refractivity contribution < 1.29 is 14.3 Å². The van der Waals surface area contributed by atoms with Gasteiger partial charge in [-0.25, -0.2) is 0 Å². The number of hydrogen-bond acceptors (Lipinski definition) is 4. The van der Waals surface area contributed by atoms with Gasteiger partial charge in [0.15, 0.2) is 0 Å². The van der Waals surface area contributed by atoms with Gasteiger partial charge in [-0.2, -0.15) is 0 Å². The van der Waals surface area contributed by atoms with E-state index >= 15 is 0 Å². The Bertz CT molecular complexity index is 990. The molecule has 0 aliphatic carbocycles. The van der Waals surface area contributed by atoms with Crippen LogP contribution in [0.2, 0.25) is 0 Å². The molecular weight excluding hydrogens is 378 g/mol. The number of nitrogens with zero attached hydrogens (tertiary/aromatic N) is 1. The molecule has 0 saturated heterocycles. The third-order valence-electron chi connectivity index (χ3n) is 4.55. The van der Waals surface area contributed by atoms with E-state index in [1.165, 1.54) is 6.20 Å². The van der Waals surface area contributed by atoms with E-state index in [1.807, 2.05) is 55.5 Å². The molecule has 0 bridgehead atoms. The van der Waals surface area contributed by atoms with Gasteiger partial charge in [-0.1, -0.05) is 36.4 Å². The Kier molecular flexibility index (Phi) is 7.55. The minimum absolute atomic E-state index is 0.0885. The van der Waals surface area contributed by atoms with Gasteiger partial charge in [0.2, 0.25) is 5.91 Å². The molecule has 1 aromatic heterocycles. The molecule has 1 heterocycles. The van der Waals surface area contributed by atoms with Gasteiger partial charge in [0.05, 0.1) is 12.2 Å². The second-order valence-corrected chi connectivity index (χ2v) is 6.85. The van der Waals surface area contributed by atoms with Crippen LogP contribution in [0.5, 0.6) is 5.75 Å². The molecule has 0 aliphatic rings. The Morgan fingerprint density at radius 2 is 1.80 bits per heavy atom. The van der Waals surface area contributed by atoms with Crippen LogP contribution in [0.15, 0.2) is 73.1 Å². The summed E-state index contributed by atoms with van der Waals surface area (Å²) < 4.78 is 5.74. The molecule has 30 heavy (non-hydrogen) atoms. The van der Waals surface area contributed by atoms with Gasteiger partial charge in [0, 0.05) is 31.0 Å². The highest BCUT2D eigenvalue weighted by atomic mass is 16.5. The first-order valence-electron chi connectivity index (χ1n) is 9.88. The summed E-state index contributed by atoms with van der Waals surface area (Å²) >= 11 is 0. The Labute approximate surface area is 176 Å². The van der Waals surface area contributed by atoms with Crippen LogP contribution in [0.3, 0.4) is 0 Å². The van der Waals surface area contributed by atoms with Crippen molar-refractivity contribution in [2.24, 2.45) is 0 Å². The van der Waals surface area contributed by atoms with Crippen LogP contribution >= 0.6 is 0 Å². The maximum absolute atomic E-state index is 12.3. The van der Waals surface area contributed by atoms with Gasteiger partial charge in [-0.15, -0.1) is 0 Å². The molecule has 3 aromatic rings. The molecule has 2 N–H and O–H groups in total. The monoisotopic (exact) mass is 403 g/mol. The molecule has 0 atom stereocenters. The van der Waals surface area contributed by atoms with Gasteiger partial charge >= 0.3 is 0 Å². The van der Waals surface area contributed by atoms with Gasteiger partial charge in [0.25, 0.3) is 5.91 Å². The molecular formula is C24H25N3O3. The lowest BCUT2D eigenvalue weighted by molar-refractivity contribution is -0.116. The van der Waals surface area contributed by atoms with E-state index in [-0.39, 0.29) is 11.8 Å². The largest absolute Gasteiger partial charge is 0.493 e. The van der Waals surface area contributed by atoms with E-state index in [1.54, 1.807) is 18.3 Å². The standard InChI is InChI=1S/C24H25N3O3/c1-18-8-2-5-12-22(18)30-15-7-13-23(28)27-21-11-4-3-9-19(21)17-26-24(29)20-10-6-14-25-16-20/h2-6,8-12,14,16H,7,13,15,17H2,1H3,(H,26,29)(H,27,28). The van der Waals surface area contributed by atoms with Gasteiger partial charge in [0.1, 0.15) is 5.75 Å². The summed E-state index contributed by atoms with van der Waals surface area (Å²) in [6.07, 6.45) is 4.10. The van der Waals surface area contributed by atoms with E-state index in [0.717, 1.165) is 16.9 Å². The van der Waals surface area contributed by atoms with Crippen molar-refractivity contribution in [3.05, 3.63) is 89.7 Å². The second-order valence-electron chi connectivity index (χ2n) is 6.85. The average Bonchev–Trinajstić information content (AvgIpc) is 2.77. The van der Waals surface area contributed by atoms with E-state index in [0.29, 0.717) is 37.2 Å². The summed E-state index contributed by atoms with van der Waals surface area (Å²) in [5, 5.41) is 5.78. The summed E-state index contributed by atoms with van der Waals surface area (Å²) in [6, 6.07) is 18.7. The van der Waals surface area contributed by atoms with E-state index in [9.17, 15) is 9.59 Å². The van der Waals surface area contributed by atoms with Crippen LogP contribution in [-0.2, 0) is 11.3 Å². The molecule has 0 aliphatic heterocycles. The summed E-state index contributed by atoms with van der Waals surface area (Å²) in [7, 11) is 0. The molecule has 2 amide bonds. The number of carbonyl (C=O) groups is 2. The number of anilines is 1. The van der Waals surface area contributed by atoms with Gasteiger partial charge in [-0.3, -0.25) is 14.6 Å². The quantitative estimate of drug-likeness (QED) is 0.527. The molecule has 0 fully saturated rings. The van der Waals surface area contributed by atoms with Crippen LogP contribution in [-0.4, -0.2) is 23.4 Å². The lowest BCUT2D eigenvalue weighted by Gasteiger charge is -2.12. The van der Waals surface area contributed by atoms with E-state index in [2.05, 4.69) is 15.6 Å². The Morgan fingerprint density at radius 3 is 2.60 bits per heavy atom. The van der Waals surface area contributed by atoms with Crippen LogP contribution in [0.1, 0.15) is 34.3 Å². The molecule has 0 radical (unpaired) electrons. The number of para-hydroxylation sites is 2. The lowest BCUT2D eigenvalue weighted by Crippen LogP contribution is -2.24. The predicted molar refractivity (Wildman–Crippen MR) is 116 cm³/mol. The highest BCUT2D eigenvalue weighted by molar-refractivity contribution is 5.94.